The summed E-state index contributed by atoms with van der Waals surface area (Å²) in [7, 11) is 0. The highest BCUT2D eigenvalue weighted by molar-refractivity contribution is 7.95. The third-order valence-electron chi connectivity index (χ3n) is 1.25. The molecule has 1 aromatic heterocycles. The van der Waals surface area contributed by atoms with Crippen molar-refractivity contribution in [1.82, 2.24) is 0 Å². The van der Waals surface area contributed by atoms with Crippen LogP contribution in [-0.2, 0) is 0 Å². The molecular weight excluding hydrogens is 182 g/mol. The Morgan fingerprint density at radius 1 is 1.82 bits per heavy atom. The lowest BCUT2D eigenvalue weighted by Crippen LogP contribution is -2.10. The predicted molar refractivity (Wildman–Crippen MR) is 46.1 cm³/mol. The summed E-state index contributed by atoms with van der Waals surface area (Å²) in [4.78, 5) is 11.5. The molecule has 0 saturated heterocycles. The largest absolute Gasteiger partial charge is 0.366 e. The molecule has 1 amide bonds. The lowest BCUT2D eigenvalue weighted by atomic mass is 10.3. The molecular formula is C6H7NO2S2. The number of aryl methyl sites for hydroxylation is 1. The van der Waals surface area contributed by atoms with Crippen molar-refractivity contribution in [2.24, 2.45) is 5.73 Å². The van der Waals surface area contributed by atoms with Gasteiger partial charge in [0.15, 0.2) is 0 Å². The maximum Gasteiger partial charge on any atom is 0.249 e. The topological polar surface area (TPSA) is 63.3 Å². The Morgan fingerprint density at radius 2 is 2.45 bits per heavy atom. The van der Waals surface area contributed by atoms with Crippen LogP contribution >= 0.6 is 23.4 Å². The van der Waals surface area contributed by atoms with Crippen molar-refractivity contribution in [2.45, 2.75) is 11.1 Å². The average Bonchev–Trinajstić information content (AvgIpc) is 2.30. The van der Waals surface area contributed by atoms with E-state index in [1.54, 1.807) is 13.0 Å². The molecule has 0 aliphatic rings. The summed E-state index contributed by atoms with van der Waals surface area (Å²) in [5, 5.41) is 0. The first-order valence-electron chi connectivity index (χ1n) is 2.87. The maximum absolute atomic E-state index is 10.7. The van der Waals surface area contributed by atoms with E-state index in [0.29, 0.717) is 21.8 Å². The molecule has 0 fully saturated rings. The van der Waals surface area contributed by atoms with Gasteiger partial charge in [0.1, 0.15) is 0 Å². The highest BCUT2D eigenvalue weighted by Gasteiger charge is 2.09. The molecule has 0 atom stereocenters. The highest BCUT2D eigenvalue weighted by Crippen LogP contribution is 2.27. The maximum atomic E-state index is 10.7. The molecule has 60 valence electrons. The normalized spacial score (nSPS) is 10.0. The monoisotopic (exact) mass is 189 g/mol. The summed E-state index contributed by atoms with van der Waals surface area (Å²) in [6.45, 7) is 1.80. The quantitative estimate of drug-likeness (QED) is 0.696. The smallest absolute Gasteiger partial charge is 0.249 e. The fourth-order valence-corrected chi connectivity index (χ4v) is 2.19. The molecule has 3 N–H and O–H groups in total. The Morgan fingerprint density at radius 3 is 2.73 bits per heavy atom. The second-order valence-corrected chi connectivity index (χ2v) is 4.13. The lowest BCUT2D eigenvalue weighted by Gasteiger charge is -1.87. The molecule has 1 rings (SSSR count). The van der Waals surface area contributed by atoms with Crippen molar-refractivity contribution >= 4 is 29.3 Å². The molecule has 0 aliphatic carbocycles. The fourth-order valence-electron chi connectivity index (χ4n) is 0.744. The number of thiophene rings is 1. The molecule has 3 nitrogen and oxygen atoms in total. The Labute approximate surface area is 72.4 Å². The van der Waals surface area contributed by atoms with Crippen LogP contribution in [0.25, 0.3) is 0 Å². The summed E-state index contributed by atoms with van der Waals surface area (Å²) in [6.07, 6.45) is 0. The van der Waals surface area contributed by atoms with E-state index >= 15 is 0 Å². The van der Waals surface area contributed by atoms with E-state index in [1.165, 1.54) is 11.3 Å². The summed E-state index contributed by atoms with van der Waals surface area (Å²) in [6, 6.07) is 1.59. The predicted octanol–water partition coefficient (Wildman–Crippen LogP) is 1.72. The molecule has 0 radical (unpaired) electrons. The Hall–Kier alpha value is -0.520. The SMILES string of the molecule is Cc1sc(SO)cc1C(N)=O. The van der Waals surface area contributed by atoms with Crippen LogP contribution in [0.5, 0.6) is 0 Å². The van der Waals surface area contributed by atoms with Gasteiger partial charge in [0.05, 0.1) is 9.77 Å². The van der Waals surface area contributed by atoms with Crippen molar-refractivity contribution in [1.29, 1.82) is 0 Å². The molecule has 0 aromatic carbocycles. The van der Waals surface area contributed by atoms with Gasteiger partial charge in [0.2, 0.25) is 5.91 Å². The van der Waals surface area contributed by atoms with Gasteiger partial charge >= 0.3 is 0 Å². The van der Waals surface area contributed by atoms with E-state index in [1.807, 2.05) is 0 Å². The van der Waals surface area contributed by atoms with Crippen molar-refractivity contribution in [2.75, 3.05) is 0 Å². The van der Waals surface area contributed by atoms with E-state index in [9.17, 15) is 4.79 Å². The second-order valence-electron chi connectivity index (χ2n) is 1.99. The van der Waals surface area contributed by atoms with Gasteiger partial charge in [0, 0.05) is 16.9 Å². The molecule has 0 aliphatic heterocycles. The standard InChI is InChI=1S/C6H7NO2S2/c1-3-4(6(7)8)2-5(10-3)11-9/h2,9H,1H3,(H2,7,8). The van der Waals surface area contributed by atoms with Crippen LogP contribution in [-0.4, -0.2) is 10.5 Å². The van der Waals surface area contributed by atoms with Gasteiger partial charge in [-0.2, -0.15) is 0 Å². The zero-order valence-corrected chi connectivity index (χ0v) is 7.46. The Balaban J connectivity index is 3.07. The van der Waals surface area contributed by atoms with E-state index in [2.05, 4.69) is 0 Å². The zero-order chi connectivity index (χ0) is 8.43. The summed E-state index contributed by atoms with van der Waals surface area (Å²) in [5.41, 5.74) is 5.55. The molecule has 5 heteroatoms. The molecule has 0 unspecified atom stereocenters. The molecule has 1 heterocycles. The van der Waals surface area contributed by atoms with Gasteiger partial charge in [-0.15, -0.1) is 11.3 Å². The Bertz CT molecular complexity index is 282. The minimum absolute atomic E-state index is 0.445. The van der Waals surface area contributed by atoms with Crippen LogP contribution in [0.15, 0.2) is 10.3 Å². The fraction of sp³-hybridized carbons (Fsp3) is 0.167. The Kier molecular flexibility index (Phi) is 2.53. The van der Waals surface area contributed by atoms with Gasteiger partial charge in [0.25, 0.3) is 0 Å². The first-order valence-corrected chi connectivity index (χ1v) is 4.45. The summed E-state index contributed by atoms with van der Waals surface area (Å²) < 4.78 is 9.32. The van der Waals surface area contributed by atoms with E-state index < -0.39 is 5.91 Å². The first-order chi connectivity index (χ1) is 5.15. The van der Waals surface area contributed by atoms with Gasteiger partial charge in [-0.05, 0) is 13.0 Å². The molecule has 11 heavy (non-hydrogen) atoms. The molecule has 0 saturated carbocycles. The molecule has 0 bridgehead atoms. The van der Waals surface area contributed by atoms with Crippen LogP contribution in [0, 0.1) is 6.92 Å². The van der Waals surface area contributed by atoms with Gasteiger partial charge in [-0.25, -0.2) is 0 Å². The minimum atomic E-state index is -0.445. The zero-order valence-electron chi connectivity index (χ0n) is 5.83. The van der Waals surface area contributed by atoms with Gasteiger partial charge in [-0.3, -0.25) is 4.79 Å². The average molecular weight is 189 g/mol. The van der Waals surface area contributed by atoms with E-state index in [-0.39, 0.29) is 0 Å². The van der Waals surface area contributed by atoms with Crippen molar-refractivity contribution in [3.05, 3.63) is 16.5 Å². The summed E-state index contributed by atoms with van der Waals surface area (Å²) >= 11 is 1.99. The van der Waals surface area contributed by atoms with Gasteiger partial charge in [-0.1, -0.05) is 0 Å². The van der Waals surface area contributed by atoms with Crippen LogP contribution in [0.4, 0.5) is 0 Å². The number of primary amides is 1. The van der Waals surface area contributed by atoms with E-state index in [0.717, 1.165) is 4.88 Å². The number of rotatable bonds is 2. The van der Waals surface area contributed by atoms with Crippen LogP contribution in [0.3, 0.4) is 0 Å². The lowest BCUT2D eigenvalue weighted by molar-refractivity contribution is 0.1000. The summed E-state index contributed by atoms with van der Waals surface area (Å²) in [5.74, 6) is -0.445. The van der Waals surface area contributed by atoms with E-state index in [4.69, 9.17) is 10.3 Å². The van der Waals surface area contributed by atoms with Crippen molar-refractivity contribution in [3.63, 3.8) is 0 Å². The first kappa shape index (κ1) is 8.58. The third kappa shape index (κ3) is 1.74. The van der Waals surface area contributed by atoms with Crippen molar-refractivity contribution < 1.29 is 9.35 Å². The highest BCUT2D eigenvalue weighted by atomic mass is 32.2. The third-order valence-corrected chi connectivity index (χ3v) is 2.87. The molecule has 1 aromatic rings. The molecule has 0 spiro atoms. The van der Waals surface area contributed by atoms with Crippen LogP contribution < -0.4 is 5.73 Å². The van der Waals surface area contributed by atoms with Gasteiger partial charge < -0.3 is 10.3 Å². The van der Waals surface area contributed by atoms with Crippen LogP contribution in [0.2, 0.25) is 0 Å². The number of carbonyl (C=O) groups is 1. The number of nitrogens with two attached hydrogens (primary N) is 1. The minimum Gasteiger partial charge on any atom is -0.366 e. The number of amides is 1. The number of hydrogen-bond donors (Lipinski definition) is 2. The second kappa shape index (κ2) is 3.25. The number of carbonyl (C=O) groups excluding carboxylic acids is 1. The van der Waals surface area contributed by atoms with Crippen LogP contribution in [0.1, 0.15) is 15.2 Å². The number of hydrogen-bond acceptors (Lipinski definition) is 4. The van der Waals surface area contributed by atoms with Crippen molar-refractivity contribution in [3.8, 4) is 0 Å².